The molecule has 2 aromatic rings. The second kappa shape index (κ2) is 5.09. The lowest BCUT2D eigenvalue weighted by Crippen LogP contribution is -2.05. The predicted molar refractivity (Wildman–Crippen MR) is 67.9 cm³/mol. The Morgan fingerprint density at radius 1 is 1.41 bits per heavy atom. The lowest BCUT2D eigenvalue weighted by Gasteiger charge is -2.07. The third-order valence-electron chi connectivity index (χ3n) is 2.11. The molecule has 3 N–H and O–H groups in total. The molecule has 0 fully saturated rings. The average molecular weight is 297 g/mol. The van der Waals surface area contributed by atoms with Gasteiger partial charge in [-0.2, -0.15) is 4.98 Å². The first-order chi connectivity index (χ1) is 8.15. The summed E-state index contributed by atoms with van der Waals surface area (Å²) in [6.45, 7) is 0.465. The Hall–Kier alpha value is -1.69. The summed E-state index contributed by atoms with van der Waals surface area (Å²) < 4.78 is 13.7. The van der Waals surface area contributed by atoms with Crippen LogP contribution in [0, 0.1) is 5.82 Å². The van der Waals surface area contributed by atoms with Crippen molar-refractivity contribution in [2.45, 2.75) is 6.54 Å². The Balaban J connectivity index is 2.09. The van der Waals surface area contributed by atoms with E-state index in [4.69, 9.17) is 5.73 Å². The molecule has 0 saturated carbocycles. The van der Waals surface area contributed by atoms with Crippen LogP contribution < -0.4 is 11.1 Å². The summed E-state index contributed by atoms with van der Waals surface area (Å²) in [6, 6.07) is 6.36. The highest BCUT2D eigenvalue weighted by Gasteiger charge is 2.03. The lowest BCUT2D eigenvalue weighted by molar-refractivity contribution is 0.626. The monoisotopic (exact) mass is 296 g/mol. The highest BCUT2D eigenvalue weighted by molar-refractivity contribution is 9.10. The van der Waals surface area contributed by atoms with Crippen LogP contribution in [-0.2, 0) is 6.54 Å². The van der Waals surface area contributed by atoms with Crippen molar-refractivity contribution in [3.05, 3.63) is 46.3 Å². The van der Waals surface area contributed by atoms with Crippen LogP contribution in [0.2, 0.25) is 0 Å². The van der Waals surface area contributed by atoms with Crippen molar-refractivity contribution in [1.82, 2.24) is 9.97 Å². The third-order valence-corrected chi connectivity index (χ3v) is 2.69. The highest BCUT2D eigenvalue weighted by atomic mass is 79.9. The van der Waals surface area contributed by atoms with Gasteiger partial charge < -0.3 is 11.1 Å². The molecule has 88 valence electrons. The largest absolute Gasteiger partial charge is 0.368 e. The third kappa shape index (κ3) is 3.13. The molecule has 0 spiro atoms. The van der Waals surface area contributed by atoms with E-state index in [0.717, 1.165) is 5.56 Å². The summed E-state index contributed by atoms with van der Waals surface area (Å²) >= 11 is 3.30. The summed E-state index contributed by atoms with van der Waals surface area (Å²) in [6.07, 6.45) is 1.57. The van der Waals surface area contributed by atoms with E-state index in [9.17, 15) is 4.39 Å². The number of nitrogens with one attached hydrogen (secondary N) is 1. The molecule has 1 heterocycles. The van der Waals surface area contributed by atoms with Gasteiger partial charge in [0, 0.05) is 12.7 Å². The first-order valence-corrected chi connectivity index (χ1v) is 5.71. The molecule has 0 saturated heterocycles. The molecule has 1 aromatic heterocycles. The summed E-state index contributed by atoms with van der Waals surface area (Å²) in [5.74, 6) is 0.516. The van der Waals surface area contributed by atoms with Gasteiger partial charge in [-0.1, -0.05) is 12.1 Å². The number of hydrogen-bond acceptors (Lipinski definition) is 4. The predicted octanol–water partition coefficient (Wildman–Crippen LogP) is 2.57. The molecule has 0 radical (unpaired) electrons. The molecule has 6 heteroatoms. The van der Waals surface area contributed by atoms with Gasteiger partial charge in [0.2, 0.25) is 5.95 Å². The molecule has 17 heavy (non-hydrogen) atoms. The molecule has 0 unspecified atom stereocenters. The molecule has 0 bridgehead atoms. The van der Waals surface area contributed by atoms with E-state index in [1.54, 1.807) is 12.3 Å². The molecule has 4 nitrogen and oxygen atoms in total. The van der Waals surface area contributed by atoms with Crippen molar-refractivity contribution in [2.24, 2.45) is 0 Å². The second-order valence-corrected chi connectivity index (χ2v) is 4.26. The summed E-state index contributed by atoms with van der Waals surface area (Å²) in [4.78, 5) is 7.85. The molecule has 0 aliphatic rings. The molecule has 0 atom stereocenters. The SMILES string of the molecule is Nc1ncc(Br)c(NCc2cccc(F)c2)n1. The zero-order valence-electron chi connectivity index (χ0n) is 8.82. The number of benzene rings is 1. The Labute approximate surface area is 106 Å². The molecule has 0 amide bonds. The number of anilines is 2. The zero-order chi connectivity index (χ0) is 12.3. The van der Waals surface area contributed by atoms with E-state index in [1.807, 2.05) is 6.07 Å². The number of nitrogens with two attached hydrogens (primary N) is 1. The number of nitrogens with zero attached hydrogens (tertiary/aromatic N) is 2. The fourth-order valence-electron chi connectivity index (χ4n) is 1.34. The Kier molecular flexibility index (Phi) is 3.53. The van der Waals surface area contributed by atoms with E-state index in [2.05, 4.69) is 31.2 Å². The number of hydrogen-bond donors (Lipinski definition) is 2. The van der Waals surface area contributed by atoms with E-state index in [0.29, 0.717) is 16.8 Å². The maximum Gasteiger partial charge on any atom is 0.221 e. The fraction of sp³-hybridized carbons (Fsp3) is 0.0909. The van der Waals surface area contributed by atoms with Gasteiger partial charge in [0.1, 0.15) is 11.6 Å². The van der Waals surface area contributed by atoms with E-state index >= 15 is 0 Å². The van der Waals surface area contributed by atoms with E-state index in [1.165, 1.54) is 12.1 Å². The van der Waals surface area contributed by atoms with Crippen molar-refractivity contribution >= 4 is 27.7 Å². The summed E-state index contributed by atoms with van der Waals surface area (Å²) in [5, 5.41) is 3.05. The standard InChI is InChI=1S/C11H10BrFN4/c12-9-6-16-11(14)17-10(9)15-5-7-2-1-3-8(13)4-7/h1-4,6H,5H2,(H3,14,15,16,17). The first-order valence-electron chi connectivity index (χ1n) is 4.91. The smallest absolute Gasteiger partial charge is 0.221 e. The lowest BCUT2D eigenvalue weighted by atomic mass is 10.2. The molecule has 1 aromatic carbocycles. The summed E-state index contributed by atoms with van der Waals surface area (Å²) in [5.41, 5.74) is 6.31. The normalized spacial score (nSPS) is 10.2. The maximum atomic E-state index is 13.0. The molecular weight excluding hydrogens is 287 g/mol. The van der Waals surface area contributed by atoms with Gasteiger partial charge in [-0.15, -0.1) is 0 Å². The summed E-state index contributed by atoms with van der Waals surface area (Å²) in [7, 11) is 0. The Bertz CT molecular complexity index is 533. The first kappa shape index (κ1) is 11.8. The van der Waals surface area contributed by atoms with Crippen LogP contribution in [0.3, 0.4) is 0 Å². The zero-order valence-corrected chi connectivity index (χ0v) is 10.4. The van der Waals surface area contributed by atoms with E-state index in [-0.39, 0.29) is 11.8 Å². The van der Waals surface area contributed by atoms with Gasteiger partial charge in [0.05, 0.1) is 4.47 Å². The van der Waals surface area contributed by atoms with Crippen LogP contribution in [0.1, 0.15) is 5.56 Å². The maximum absolute atomic E-state index is 13.0. The number of halogens is 2. The van der Waals surface area contributed by atoms with Gasteiger partial charge >= 0.3 is 0 Å². The van der Waals surface area contributed by atoms with Crippen LogP contribution in [0.5, 0.6) is 0 Å². The number of nitrogen functional groups attached to an aromatic ring is 1. The fourth-order valence-corrected chi connectivity index (χ4v) is 1.67. The van der Waals surface area contributed by atoms with Crippen molar-refractivity contribution in [2.75, 3.05) is 11.1 Å². The van der Waals surface area contributed by atoms with Crippen molar-refractivity contribution in [1.29, 1.82) is 0 Å². The van der Waals surface area contributed by atoms with Gasteiger partial charge in [-0.25, -0.2) is 9.37 Å². The Morgan fingerprint density at radius 3 is 3.00 bits per heavy atom. The highest BCUT2D eigenvalue weighted by Crippen LogP contribution is 2.19. The van der Waals surface area contributed by atoms with Gasteiger partial charge in [-0.05, 0) is 33.6 Å². The minimum atomic E-state index is -0.259. The van der Waals surface area contributed by atoms with Crippen LogP contribution in [0.4, 0.5) is 16.2 Å². The van der Waals surface area contributed by atoms with Gasteiger partial charge in [0.25, 0.3) is 0 Å². The molecule has 0 aliphatic carbocycles. The van der Waals surface area contributed by atoms with Crippen LogP contribution in [0.15, 0.2) is 34.9 Å². The van der Waals surface area contributed by atoms with Crippen LogP contribution in [-0.4, -0.2) is 9.97 Å². The van der Waals surface area contributed by atoms with E-state index < -0.39 is 0 Å². The average Bonchev–Trinajstić information content (AvgIpc) is 2.30. The van der Waals surface area contributed by atoms with Crippen molar-refractivity contribution < 1.29 is 4.39 Å². The number of aromatic nitrogens is 2. The minimum absolute atomic E-state index is 0.190. The molecular formula is C11H10BrFN4. The van der Waals surface area contributed by atoms with Crippen molar-refractivity contribution in [3.8, 4) is 0 Å². The van der Waals surface area contributed by atoms with Crippen LogP contribution >= 0.6 is 15.9 Å². The topological polar surface area (TPSA) is 63.8 Å². The van der Waals surface area contributed by atoms with Crippen molar-refractivity contribution in [3.63, 3.8) is 0 Å². The Morgan fingerprint density at radius 2 is 2.24 bits per heavy atom. The quantitative estimate of drug-likeness (QED) is 0.914. The van der Waals surface area contributed by atoms with Gasteiger partial charge in [-0.3, -0.25) is 0 Å². The van der Waals surface area contributed by atoms with Crippen LogP contribution in [0.25, 0.3) is 0 Å². The molecule has 0 aliphatic heterocycles. The minimum Gasteiger partial charge on any atom is -0.368 e. The second-order valence-electron chi connectivity index (χ2n) is 3.41. The van der Waals surface area contributed by atoms with Gasteiger partial charge in [0.15, 0.2) is 0 Å². The molecule has 2 rings (SSSR count). The number of rotatable bonds is 3.